The number of anilines is 1. The van der Waals surface area contributed by atoms with Crippen molar-refractivity contribution in [1.29, 1.82) is 0 Å². The first-order chi connectivity index (χ1) is 11.4. The molecular formula is C18H20N2O3S. The Morgan fingerprint density at radius 3 is 2.33 bits per heavy atom. The molecule has 0 fully saturated rings. The smallest absolute Gasteiger partial charge is 0.255 e. The summed E-state index contributed by atoms with van der Waals surface area (Å²) in [6, 6.07) is 11.9. The quantitative estimate of drug-likeness (QED) is 0.927. The van der Waals surface area contributed by atoms with Gasteiger partial charge in [0.05, 0.1) is 4.90 Å². The highest BCUT2D eigenvalue weighted by molar-refractivity contribution is 7.89. The molecule has 6 heteroatoms. The maximum absolute atomic E-state index is 12.3. The number of rotatable bonds is 4. The molecule has 3 rings (SSSR count). The summed E-state index contributed by atoms with van der Waals surface area (Å²) in [5.41, 5.74) is 3.84. The largest absolute Gasteiger partial charge is 0.322 e. The van der Waals surface area contributed by atoms with Crippen LogP contribution in [0.1, 0.15) is 27.9 Å². The van der Waals surface area contributed by atoms with Gasteiger partial charge in [-0.15, -0.1) is 0 Å². The van der Waals surface area contributed by atoms with Gasteiger partial charge in [0.1, 0.15) is 0 Å². The predicted octanol–water partition coefficient (Wildman–Crippen LogP) is 2.68. The molecule has 0 spiro atoms. The van der Waals surface area contributed by atoms with E-state index in [0.29, 0.717) is 5.56 Å². The molecule has 0 saturated carbocycles. The van der Waals surface area contributed by atoms with Crippen LogP contribution < -0.4 is 5.32 Å². The highest BCUT2D eigenvalue weighted by Gasteiger charge is 2.18. The number of carbonyl (C=O) groups excluding carboxylic acids is 1. The molecule has 1 amide bonds. The van der Waals surface area contributed by atoms with Gasteiger partial charge in [-0.1, -0.05) is 6.07 Å². The number of fused-ring (bicyclic) bond motifs is 1. The van der Waals surface area contributed by atoms with Crippen molar-refractivity contribution in [2.24, 2.45) is 0 Å². The molecule has 0 aromatic heterocycles. The van der Waals surface area contributed by atoms with E-state index in [-0.39, 0.29) is 10.8 Å². The number of aryl methyl sites for hydroxylation is 2. The van der Waals surface area contributed by atoms with Gasteiger partial charge in [0.2, 0.25) is 10.0 Å². The average molecular weight is 344 g/mol. The monoisotopic (exact) mass is 344 g/mol. The minimum atomic E-state index is -3.48. The molecule has 0 saturated heterocycles. The third-order valence-electron chi connectivity index (χ3n) is 4.25. The minimum Gasteiger partial charge on any atom is -0.322 e. The van der Waals surface area contributed by atoms with Crippen molar-refractivity contribution in [3.05, 3.63) is 59.2 Å². The number of hydrogen-bond donors (Lipinski definition) is 1. The Morgan fingerprint density at radius 1 is 1.00 bits per heavy atom. The number of nitrogens with zero attached hydrogens (tertiary/aromatic N) is 1. The van der Waals surface area contributed by atoms with Gasteiger partial charge in [0.15, 0.2) is 0 Å². The van der Waals surface area contributed by atoms with Gasteiger partial charge in [-0.25, -0.2) is 12.7 Å². The lowest BCUT2D eigenvalue weighted by Gasteiger charge is -2.12. The topological polar surface area (TPSA) is 66.5 Å². The Morgan fingerprint density at radius 2 is 1.67 bits per heavy atom. The predicted molar refractivity (Wildman–Crippen MR) is 93.7 cm³/mol. The SMILES string of the molecule is CN(C)S(=O)(=O)c1ccc(C(=O)Nc2ccc3c(c2)CCC3)cc1. The van der Waals surface area contributed by atoms with E-state index in [0.717, 1.165) is 29.3 Å². The van der Waals surface area contributed by atoms with Crippen LogP contribution in [-0.2, 0) is 22.9 Å². The highest BCUT2D eigenvalue weighted by Crippen LogP contribution is 2.25. The van der Waals surface area contributed by atoms with Crippen LogP contribution in [0.25, 0.3) is 0 Å². The molecule has 0 aliphatic heterocycles. The second-order valence-corrected chi connectivity index (χ2v) is 8.25. The van der Waals surface area contributed by atoms with Crippen LogP contribution in [0.2, 0.25) is 0 Å². The van der Waals surface area contributed by atoms with Crippen LogP contribution >= 0.6 is 0 Å². The van der Waals surface area contributed by atoms with Crippen molar-refractivity contribution in [3.8, 4) is 0 Å². The van der Waals surface area contributed by atoms with Gasteiger partial charge in [0.25, 0.3) is 5.91 Å². The summed E-state index contributed by atoms with van der Waals surface area (Å²) in [5.74, 6) is -0.248. The molecule has 0 radical (unpaired) electrons. The lowest BCUT2D eigenvalue weighted by Crippen LogP contribution is -2.22. The fourth-order valence-electron chi connectivity index (χ4n) is 2.84. The average Bonchev–Trinajstić information content (AvgIpc) is 3.02. The van der Waals surface area contributed by atoms with Gasteiger partial charge in [-0.3, -0.25) is 4.79 Å². The van der Waals surface area contributed by atoms with Crippen LogP contribution in [0.15, 0.2) is 47.4 Å². The van der Waals surface area contributed by atoms with Crippen molar-refractivity contribution in [2.75, 3.05) is 19.4 Å². The number of sulfonamides is 1. The lowest BCUT2D eigenvalue weighted by molar-refractivity contribution is 0.102. The van der Waals surface area contributed by atoms with Crippen molar-refractivity contribution in [1.82, 2.24) is 4.31 Å². The molecule has 0 heterocycles. The Kier molecular flexibility index (Phi) is 4.43. The van der Waals surface area contributed by atoms with Crippen LogP contribution in [-0.4, -0.2) is 32.7 Å². The first-order valence-electron chi connectivity index (χ1n) is 7.84. The molecule has 24 heavy (non-hydrogen) atoms. The van der Waals surface area contributed by atoms with E-state index in [4.69, 9.17) is 0 Å². The van der Waals surface area contributed by atoms with Gasteiger partial charge in [-0.2, -0.15) is 0 Å². The zero-order chi connectivity index (χ0) is 17.3. The van der Waals surface area contributed by atoms with E-state index in [9.17, 15) is 13.2 Å². The van der Waals surface area contributed by atoms with Gasteiger partial charge < -0.3 is 5.32 Å². The molecular weight excluding hydrogens is 324 g/mol. The van der Waals surface area contributed by atoms with E-state index in [1.165, 1.54) is 49.5 Å². The Balaban J connectivity index is 1.76. The van der Waals surface area contributed by atoms with Crippen LogP contribution in [0.5, 0.6) is 0 Å². The number of nitrogens with one attached hydrogen (secondary N) is 1. The maximum atomic E-state index is 12.3. The van der Waals surface area contributed by atoms with E-state index >= 15 is 0 Å². The normalized spacial score (nSPS) is 13.8. The fourth-order valence-corrected chi connectivity index (χ4v) is 3.74. The number of carbonyl (C=O) groups is 1. The molecule has 0 atom stereocenters. The van der Waals surface area contributed by atoms with E-state index in [1.54, 1.807) is 0 Å². The number of hydrogen-bond acceptors (Lipinski definition) is 3. The third kappa shape index (κ3) is 3.20. The summed E-state index contributed by atoms with van der Waals surface area (Å²) in [4.78, 5) is 12.5. The summed E-state index contributed by atoms with van der Waals surface area (Å²) in [6.45, 7) is 0. The Labute approximate surface area is 142 Å². The maximum Gasteiger partial charge on any atom is 0.255 e. The molecule has 2 aromatic carbocycles. The van der Waals surface area contributed by atoms with Gasteiger partial charge >= 0.3 is 0 Å². The summed E-state index contributed by atoms with van der Waals surface area (Å²) in [7, 11) is -0.531. The van der Waals surface area contributed by atoms with E-state index < -0.39 is 10.0 Å². The summed E-state index contributed by atoms with van der Waals surface area (Å²) in [6.07, 6.45) is 3.32. The molecule has 0 unspecified atom stereocenters. The van der Waals surface area contributed by atoms with Crippen LogP contribution in [0, 0.1) is 0 Å². The highest BCUT2D eigenvalue weighted by atomic mass is 32.2. The first-order valence-corrected chi connectivity index (χ1v) is 9.28. The molecule has 5 nitrogen and oxygen atoms in total. The summed E-state index contributed by atoms with van der Waals surface area (Å²) < 4.78 is 25.2. The summed E-state index contributed by atoms with van der Waals surface area (Å²) in [5, 5.41) is 2.87. The van der Waals surface area contributed by atoms with Crippen molar-refractivity contribution < 1.29 is 13.2 Å². The zero-order valence-corrected chi connectivity index (χ0v) is 14.6. The van der Waals surface area contributed by atoms with E-state index in [1.807, 2.05) is 12.1 Å². The third-order valence-corrected chi connectivity index (χ3v) is 6.08. The van der Waals surface area contributed by atoms with Crippen LogP contribution in [0.4, 0.5) is 5.69 Å². The number of benzene rings is 2. The summed E-state index contributed by atoms with van der Waals surface area (Å²) >= 11 is 0. The zero-order valence-electron chi connectivity index (χ0n) is 13.7. The van der Waals surface area contributed by atoms with Crippen molar-refractivity contribution in [2.45, 2.75) is 24.2 Å². The molecule has 126 valence electrons. The standard InChI is InChI=1S/C18H20N2O3S/c1-20(2)24(22,23)17-10-7-14(8-11-17)18(21)19-16-9-6-13-4-3-5-15(13)12-16/h6-12H,3-5H2,1-2H3,(H,19,21). The Bertz CT molecular complexity index is 872. The molecule has 2 aromatic rings. The second kappa shape index (κ2) is 6.37. The van der Waals surface area contributed by atoms with Gasteiger partial charge in [0, 0.05) is 25.3 Å². The number of amides is 1. The molecule has 1 aliphatic rings. The van der Waals surface area contributed by atoms with Crippen LogP contribution in [0.3, 0.4) is 0 Å². The molecule has 1 aliphatic carbocycles. The fraction of sp³-hybridized carbons (Fsp3) is 0.278. The van der Waals surface area contributed by atoms with Crippen molar-refractivity contribution >= 4 is 21.6 Å². The Hall–Kier alpha value is -2.18. The first kappa shape index (κ1) is 16.7. The molecule has 0 bridgehead atoms. The van der Waals surface area contributed by atoms with Crippen molar-refractivity contribution in [3.63, 3.8) is 0 Å². The lowest BCUT2D eigenvalue weighted by atomic mass is 10.1. The molecule has 1 N–H and O–H groups in total. The minimum absolute atomic E-state index is 0.168. The van der Waals surface area contributed by atoms with E-state index in [2.05, 4.69) is 11.4 Å². The van der Waals surface area contributed by atoms with Gasteiger partial charge in [-0.05, 0) is 66.8 Å². The second-order valence-electron chi connectivity index (χ2n) is 6.10.